The van der Waals surface area contributed by atoms with Crippen LogP contribution >= 0.6 is 27.5 Å². The zero-order valence-corrected chi connectivity index (χ0v) is 11.9. The molecule has 3 aromatic rings. The zero-order valence-electron chi connectivity index (χ0n) is 9.55. The normalized spacial score (nSPS) is 10.6. The Hall–Kier alpha value is -1.72. The van der Waals surface area contributed by atoms with Crippen LogP contribution in [0.15, 0.2) is 51.6 Å². The zero-order chi connectivity index (χ0) is 13.2. The van der Waals surface area contributed by atoms with E-state index in [0.29, 0.717) is 22.4 Å². The van der Waals surface area contributed by atoms with E-state index in [9.17, 15) is 0 Å². The van der Waals surface area contributed by atoms with Crippen molar-refractivity contribution < 1.29 is 4.42 Å². The highest BCUT2D eigenvalue weighted by Gasteiger charge is 2.13. The van der Waals surface area contributed by atoms with Crippen molar-refractivity contribution in [1.29, 1.82) is 0 Å². The molecule has 0 saturated carbocycles. The second kappa shape index (κ2) is 5.11. The predicted octanol–water partition coefficient (Wildman–Crippen LogP) is 4.21. The molecule has 0 saturated heterocycles. The highest BCUT2D eigenvalue weighted by atomic mass is 79.9. The van der Waals surface area contributed by atoms with E-state index in [-0.39, 0.29) is 0 Å². The van der Waals surface area contributed by atoms with Gasteiger partial charge in [-0.05, 0) is 30.3 Å². The van der Waals surface area contributed by atoms with Crippen molar-refractivity contribution in [2.45, 2.75) is 0 Å². The fraction of sp³-hybridized carbons (Fsp3) is 0. The molecule has 4 nitrogen and oxygen atoms in total. The van der Waals surface area contributed by atoms with Crippen molar-refractivity contribution in [3.63, 3.8) is 0 Å². The largest absolute Gasteiger partial charge is 0.416 e. The Labute approximate surface area is 122 Å². The Bertz CT molecular complexity index is 715. The third kappa shape index (κ3) is 2.52. The summed E-state index contributed by atoms with van der Waals surface area (Å²) in [6.45, 7) is 0. The molecule has 0 aliphatic carbocycles. The number of hydrogen-bond donors (Lipinski definition) is 0. The van der Waals surface area contributed by atoms with E-state index in [1.54, 1.807) is 18.5 Å². The number of pyridine rings is 1. The highest BCUT2D eigenvalue weighted by Crippen LogP contribution is 2.31. The fourth-order valence-corrected chi connectivity index (χ4v) is 2.16. The molecule has 94 valence electrons. The third-order valence-corrected chi connectivity index (χ3v) is 3.32. The number of nitrogens with zero attached hydrogens (tertiary/aromatic N) is 3. The quantitative estimate of drug-likeness (QED) is 0.703. The van der Waals surface area contributed by atoms with Gasteiger partial charge in [0, 0.05) is 16.9 Å². The van der Waals surface area contributed by atoms with E-state index in [0.717, 1.165) is 10.0 Å². The van der Waals surface area contributed by atoms with Crippen LogP contribution in [0.2, 0.25) is 5.02 Å². The van der Waals surface area contributed by atoms with Gasteiger partial charge in [0.2, 0.25) is 11.8 Å². The van der Waals surface area contributed by atoms with Crippen molar-refractivity contribution in [2.75, 3.05) is 0 Å². The molecule has 0 radical (unpaired) electrons. The summed E-state index contributed by atoms with van der Waals surface area (Å²) in [5.41, 5.74) is 1.46. The molecule has 19 heavy (non-hydrogen) atoms. The van der Waals surface area contributed by atoms with E-state index in [1.807, 2.05) is 24.3 Å². The molecular weight excluding hydrogens is 330 g/mol. The molecular formula is C13H7BrClN3O. The van der Waals surface area contributed by atoms with Gasteiger partial charge in [-0.2, -0.15) is 0 Å². The van der Waals surface area contributed by atoms with Gasteiger partial charge < -0.3 is 4.42 Å². The molecule has 6 heteroatoms. The summed E-state index contributed by atoms with van der Waals surface area (Å²) in [6, 6.07) is 9.13. The molecule has 0 bridgehead atoms. The summed E-state index contributed by atoms with van der Waals surface area (Å²) in [4.78, 5) is 4.01. The van der Waals surface area contributed by atoms with Crippen LogP contribution in [-0.2, 0) is 0 Å². The Kier molecular flexibility index (Phi) is 3.31. The average molecular weight is 337 g/mol. The molecule has 3 rings (SSSR count). The molecule has 0 N–H and O–H groups in total. The van der Waals surface area contributed by atoms with Crippen molar-refractivity contribution in [1.82, 2.24) is 15.2 Å². The van der Waals surface area contributed by atoms with E-state index in [1.165, 1.54) is 0 Å². The van der Waals surface area contributed by atoms with E-state index < -0.39 is 0 Å². The second-order valence-electron chi connectivity index (χ2n) is 3.78. The van der Waals surface area contributed by atoms with Gasteiger partial charge in [-0.25, -0.2) is 0 Å². The SMILES string of the molecule is Clc1ccc(Br)cc1-c1nnc(-c2cccnc2)o1. The Morgan fingerprint density at radius 3 is 2.74 bits per heavy atom. The maximum Gasteiger partial charge on any atom is 0.249 e. The maximum absolute atomic E-state index is 6.13. The lowest BCUT2D eigenvalue weighted by molar-refractivity contribution is 0.584. The van der Waals surface area contributed by atoms with Gasteiger partial charge in [-0.15, -0.1) is 10.2 Å². The number of aromatic nitrogens is 3. The van der Waals surface area contributed by atoms with Gasteiger partial charge in [-0.1, -0.05) is 27.5 Å². The lowest BCUT2D eigenvalue weighted by Gasteiger charge is -1.99. The van der Waals surface area contributed by atoms with Gasteiger partial charge >= 0.3 is 0 Å². The molecule has 0 atom stereocenters. The summed E-state index contributed by atoms with van der Waals surface area (Å²) >= 11 is 9.51. The maximum atomic E-state index is 6.13. The van der Waals surface area contributed by atoms with Crippen LogP contribution in [-0.4, -0.2) is 15.2 Å². The Balaban J connectivity index is 2.04. The summed E-state index contributed by atoms with van der Waals surface area (Å²) in [7, 11) is 0. The highest BCUT2D eigenvalue weighted by molar-refractivity contribution is 9.10. The smallest absolute Gasteiger partial charge is 0.249 e. The predicted molar refractivity (Wildman–Crippen MR) is 75.7 cm³/mol. The Morgan fingerprint density at radius 2 is 1.95 bits per heavy atom. The number of hydrogen-bond acceptors (Lipinski definition) is 4. The standard InChI is InChI=1S/C13H7BrClN3O/c14-9-3-4-11(15)10(6-9)13-18-17-12(19-13)8-2-1-5-16-7-8/h1-7H. The minimum absolute atomic E-state index is 0.380. The van der Waals surface area contributed by atoms with Crippen LogP contribution in [0.25, 0.3) is 22.9 Å². The summed E-state index contributed by atoms with van der Waals surface area (Å²) in [5.74, 6) is 0.796. The third-order valence-electron chi connectivity index (χ3n) is 2.49. The van der Waals surface area contributed by atoms with Crippen LogP contribution < -0.4 is 0 Å². The molecule has 0 unspecified atom stereocenters. The minimum atomic E-state index is 0.380. The van der Waals surface area contributed by atoms with Gasteiger partial charge in [0.05, 0.1) is 16.1 Å². The second-order valence-corrected chi connectivity index (χ2v) is 5.10. The fourth-order valence-electron chi connectivity index (χ4n) is 1.60. The van der Waals surface area contributed by atoms with Gasteiger partial charge in [0.25, 0.3) is 0 Å². The molecule has 0 fully saturated rings. The van der Waals surface area contributed by atoms with Crippen LogP contribution in [0, 0.1) is 0 Å². The molecule has 2 aromatic heterocycles. The van der Waals surface area contributed by atoms with Crippen LogP contribution in [0.5, 0.6) is 0 Å². The molecule has 0 aliphatic rings. The van der Waals surface area contributed by atoms with Crippen molar-refractivity contribution in [3.05, 3.63) is 52.2 Å². The van der Waals surface area contributed by atoms with Gasteiger partial charge in [0.1, 0.15) is 0 Å². The summed E-state index contributed by atoms with van der Waals surface area (Å²) in [6.07, 6.45) is 3.35. The summed E-state index contributed by atoms with van der Waals surface area (Å²) in [5, 5.41) is 8.58. The first-order valence-electron chi connectivity index (χ1n) is 5.43. The van der Waals surface area contributed by atoms with Gasteiger partial charge in [0.15, 0.2) is 0 Å². The first-order valence-corrected chi connectivity index (χ1v) is 6.60. The van der Waals surface area contributed by atoms with Crippen molar-refractivity contribution in [3.8, 4) is 22.9 Å². The molecule has 0 aliphatic heterocycles. The molecule has 0 spiro atoms. The molecule has 0 amide bonds. The topological polar surface area (TPSA) is 51.8 Å². The Morgan fingerprint density at radius 1 is 1.11 bits per heavy atom. The van der Waals surface area contributed by atoms with Crippen LogP contribution in [0.3, 0.4) is 0 Å². The van der Waals surface area contributed by atoms with Crippen molar-refractivity contribution >= 4 is 27.5 Å². The van der Waals surface area contributed by atoms with Gasteiger partial charge in [-0.3, -0.25) is 4.98 Å². The average Bonchev–Trinajstić information content (AvgIpc) is 2.92. The van der Waals surface area contributed by atoms with E-state index in [4.69, 9.17) is 16.0 Å². The lowest BCUT2D eigenvalue weighted by Crippen LogP contribution is -1.80. The molecule has 2 heterocycles. The van der Waals surface area contributed by atoms with E-state index >= 15 is 0 Å². The first kappa shape index (κ1) is 12.3. The van der Waals surface area contributed by atoms with Crippen LogP contribution in [0.4, 0.5) is 0 Å². The summed E-state index contributed by atoms with van der Waals surface area (Å²) < 4.78 is 6.52. The lowest BCUT2D eigenvalue weighted by atomic mass is 10.2. The monoisotopic (exact) mass is 335 g/mol. The van der Waals surface area contributed by atoms with Crippen molar-refractivity contribution in [2.24, 2.45) is 0 Å². The minimum Gasteiger partial charge on any atom is -0.416 e. The number of benzene rings is 1. The van der Waals surface area contributed by atoms with E-state index in [2.05, 4.69) is 31.1 Å². The number of halogens is 2. The number of rotatable bonds is 2. The first-order chi connectivity index (χ1) is 9.24. The van der Waals surface area contributed by atoms with Crippen LogP contribution in [0.1, 0.15) is 0 Å². The molecule has 1 aromatic carbocycles.